The van der Waals surface area contributed by atoms with Crippen molar-refractivity contribution in [1.82, 2.24) is 9.80 Å². The van der Waals surface area contributed by atoms with Crippen LogP contribution in [0.3, 0.4) is 0 Å². The number of carbonyl (C=O) groups excluding carboxylic acids is 2. The van der Waals surface area contributed by atoms with Gasteiger partial charge in [0.2, 0.25) is 5.91 Å². The molecule has 1 aliphatic heterocycles. The summed E-state index contributed by atoms with van der Waals surface area (Å²) < 4.78 is 5.33. The average molecular weight is 254 g/mol. The number of carbonyl (C=O) groups is 2. The van der Waals surface area contributed by atoms with E-state index >= 15 is 0 Å². The maximum atomic E-state index is 11.8. The van der Waals surface area contributed by atoms with E-state index in [1.807, 2.05) is 20.8 Å². The second-order valence-corrected chi connectivity index (χ2v) is 6.47. The first-order valence-corrected chi connectivity index (χ1v) is 6.40. The summed E-state index contributed by atoms with van der Waals surface area (Å²) in [5.74, 6) is 0.993. The van der Waals surface area contributed by atoms with E-state index < -0.39 is 5.60 Å². The van der Waals surface area contributed by atoms with E-state index in [2.05, 4.69) is 0 Å². The summed E-state index contributed by atoms with van der Waals surface area (Å²) in [5.41, 5.74) is -0.456. The van der Waals surface area contributed by atoms with Gasteiger partial charge in [0.15, 0.2) is 0 Å². The van der Waals surface area contributed by atoms with Crippen LogP contribution in [-0.4, -0.2) is 54.6 Å². The third-order valence-electron chi connectivity index (χ3n) is 3.57. The third kappa shape index (κ3) is 2.44. The molecular weight excluding hydrogens is 232 g/mol. The van der Waals surface area contributed by atoms with Crippen LogP contribution in [0.1, 0.15) is 20.8 Å². The fourth-order valence-corrected chi connectivity index (χ4v) is 2.67. The van der Waals surface area contributed by atoms with Crippen molar-refractivity contribution in [2.45, 2.75) is 26.4 Å². The molecule has 0 radical (unpaired) electrons. The van der Waals surface area contributed by atoms with Crippen LogP contribution in [0.4, 0.5) is 4.79 Å². The summed E-state index contributed by atoms with van der Waals surface area (Å²) in [6.07, 6.45) is -0.259. The first-order valence-electron chi connectivity index (χ1n) is 6.40. The Hall–Kier alpha value is -1.26. The lowest BCUT2D eigenvalue weighted by Gasteiger charge is -2.26. The molecule has 2 fully saturated rings. The minimum atomic E-state index is -0.456. The van der Waals surface area contributed by atoms with Gasteiger partial charge in [-0.1, -0.05) is 0 Å². The molecule has 0 aromatic rings. The third-order valence-corrected chi connectivity index (χ3v) is 3.57. The molecule has 0 spiro atoms. The lowest BCUT2D eigenvalue weighted by atomic mass is 10.2. The molecule has 0 aromatic carbocycles. The lowest BCUT2D eigenvalue weighted by Crippen LogP contribution is -2.38. The number of piperidine rings is 1. The Morgan fingerprint density at radius 1 is 1.17 bits per heavy atom. The minimum Gasteiger partial charge on any atom is -0.444 e. The predicted octanol–water partition coefficient (Wildman–Crippen LogP) is 1.19. The molecule has 0 unspecified atom stereocenters. The predicted molar refractivity (Wildman–Crippen MR) is 67.0 cm³/mol. The summed E-state index contributed by atoms with van der Waals surface area (Å²) >= 11 is 0. The largest absolute Gasteiger partial charge is 0.444 e. The molecular formula is C13H22N2O3. The van der Waals surface area contributed by atoms with Gasteiger partial charge >= 0.3 is 6.09 Å². The van der Waals surface area contributed by atoms with E-state index in [0.717, 1.165) is 0 Å². The van der Waals surface area contributed by atoms with Gasteiger partial charge in [-0.05, 0) is 32.6 Å². The summed E-state index contributed by atoms with van der Waals surface area (Å²) in [6, 6.07) is 0. The van der Waals surface area contributed by atoms with Gasteiger partial charge in [-0.25, -0.2) is 4.79 Å². The minimum absolute atomic E-state index is 0.124. The number of hydrogen-bond acceptors (Lipinski definition) is 3. The highest BCUT2D eigenvalue weighted by molar-refractivity contribution is 5.83. The van der Waals surface area contributed by atoms with Crippen LogP contribution in [-0.2, 0) is 9.53 Å². The monoisotopic (exact) mass is 254 g/mol. The van der Waals surface area contributed by atoms with Gasteiger partial charge in [0.25, 0.3) is 0 Å². The molecule has 0 N–H and O–H groups in total. The molecule has 5 nitrogen and oxygen atoms in total. The van der Waals surface area contributed by atoms with Gasteiger partial charge in [-0.3, -0.25) is 4.79 Å². The lowest BCUT2D eigenvalue weighted by molar-refractivity contribution is -0.131. The van der Waals surface area contributed by atoms with Crippen LogP contribution >= 0.6 is 0 Å². The van der Waals surface area contributed by atoms with Crippen molar-refractivity contribution >= 4 is 12.0 Å². The number of hydrogen-bond donors (Lipinski definition) is 0. The molecule has 1 heterocycles. The summed E-state index contributed by atoms with van der Waals surface area (Å²) in [4.78, 5) is 27.0. The molecule has 1 saturated carbocycles. The number of likely N-dealkylation sites (tertiary alicyclic amines) is 1. The molecule has 3 atom stereocenters. The highest BCUT2D eigenvalue weighted by Gasteiger charge is 2.60. The molecule has 1 saturated heterocycles. The molecule has 5 heteroatoms. The maximum absolute atomic E-state index is 11.8. The highest BCUT2D eigenvalue weighted by Crippen LogP contribution is 2.52. The van der Waals surface area contributed by atoms with Gasteiger partial charge < -0.3 is 14.5 Å². The van der Waals surface area contributed by atoms with Crippen molar-refractivity contribution in [3.8, 4) is 0 Å². The Balaban J connectivity index is 1.84. The zero-order chi connectivity index (χ0) is 13.7. The number of fused-ring (bicyclic) bond motifs is 1. The van der Waals surface area contributed by atoms with E-state index in [4.69, 9.17) is 4.74 Å². The molecule has 0 bridgehead atoms. The molecule has 1 aliphatic carbocycles. The maximum Gasteiger partial charge on any atom is 0.410 e. The zero-order valence-corrected chi connectivity index (χ0v) is 11.8. The van der Waals surface area contributed by atoms with Crippen molar-refractivity contribution in [3.63, 3.8) is 0 Å². The van der Waals surface area contributed by atoms with E-state index in [1.165, 1.54) is 0 Å². The Labute approximate surface area is 108 Å². The van der Waals surface area contributed by atoms with Crippen molar-refractivity contribution < 1.29 is 14.3 Å². The zero-order valence-electron chi connectivity index (χ0n) is 11.8. The van der Waals surface area contributed by atoms with Crippen LogP contribution in [0.2, 0.25) is 0 Å². The van der Waals surface area contributed by atoms with Crippen LogP contribution in [0, 0.1) is 17.8 Å². The quantitative estimate of drug-likeness (QED) is 0.706. The number of nitrogens with zero attached hydrogens (tertiary/aromatic N) is 2. The number of rotatable bonds is 1. The molecule has 18 heavy (non-hydrogen) atoms. The van der Waals surface area contributed by atoms with E-state index in [0.29, 0.717) is 24.9 Å². The normalized spacial score (nSPS) is 29.8. The first kappa shape index (κ1) is 13.2. The second kappa shape index (κ2) is 4.14. The molecule has 2 rings (SSSR count). The Morgan fingerprint density at radius 3 is 2.06 bits per heavy atom. The first-order chi connectivity index (χ1) is 8.20. The molecule has 2 amide bonds. The van der Waals surface area contributed by atoms with Crippen LogP contribution in [0.5, 0.6) is 0 Å². The topological polar surface area (TPSA) is 49.9 Å². The van der Waals surface area contributed by atoms with Gasteiger partial charge in [-0.15, -0.1) is 0 Å². The Kier molecular flexibility index (Phi) is 3.03. The SMILES string of the molecule is CN(C)C(=O)[C@H]1[C@@H]2CN(C(=O)OC(C)(C)C)C[C@@H]21. The molecule has 2 aliphatic rings. The van der Waals surface area contributed by atoms with Crippen LogP contribution in [0.25, 0.3) is 0 Å². The van der Waals surface area contributed by atoms with Crippen molar-refractivity contribution in [3.05, 3.63) is 0 Å². The van der Waals surface area contributed by atoms with Crippen molar-refractivity contribution in [2.24, 2.45) is 17.8 Å². The summed E-state index contributed by atoms with van der Waals surface area (Å²) in [5, 5.41) is 0. The highest BCUT2D eigenvalue weighted by atomic mass is 16.6. The smallest absolute Gasteiger partial charge is 0.410 e. The summed E-state index contributed by atoms with van der Waals surface area (Å²) in [7, 11) is 3.56. The van der Waals surface area contributed by atoms with Crippen molar-refractivity contribution in [1.29, 1.82) is 0 Å². The van der Waals surface area contributed by atoms with Gasteiger partial charge in [0.1, 0.15) is 5.60 Å². The number of ether oxygens (including phenoxy) is 1. The van der Waals surface area contributed by atoms with Crippen molar-refractivity contribution in [2.75, 3.05) is 27.2 Å². The molecule has 102 valence electrons. The van der Waals surface area contributed by atoms with Crippen LogP contribution < -0.4 is 0 Å². The van der Waals surface area contributed by atoms with Gasteiger partial charge in [0, 0.05) is 33.1 Å². The average Bonchev–Trinajstić information content (AvgIpc) is 2.68. The molecule has 0 aromatic heterocycles. The second-order valence-electron chi connectivity index (χ2n) is 6.47. The standard InChI is InChI=1S/C13H22N2O3/c1-13(2,3)18-12(17)15-6-8-9(7-15)10(8)11(16)14(4)5/h8-10H,6-7H2,1-5H3/t8-,9+,10+. The summed E-state index contributed by atoms with van der Waals surface area (Å²) in [6.45, 7) is 6.90. The van der Waals surface area contributed by atoms with Crippen LogP contribution in [0.15, 0.2) is 0 Å². The fraction of sp³-hybridized carbons (Fsp3) is 0.846. The van der Waals surface area contributed by atoms with Gasteiger partial charge in [0.05, 0.1) is 0 Å². The van der Waals surface area contributed by atoms with E-state index in [9.17, 15) is 9.59 Å². The van der Waals surface area contributed by atoms with E-state index in [1.54, 1.807) is 23.9 Å². The Morgan fingerprint density at radius 2 is 1.67 bits per heavy atom. The number of amides is 2. The Bertz CT molecular complexity index is 361. The van der Waals surface area contributed by atoms with E-state index in [-0.39, 0.29) is 17.9 Å². The fourth-order valence-electron chi connectivity index (χ4n) is 2.67. The van der Waals surface area contributed by atoms with Gasteiger partial charge in [-0.2, -0.15) is 0 Å².